The van der Waals surface area contributed by atoms with Crippen LogP contribution in [0.5, 0.6) is 0 Å². The first-order chi connectivity index (χ1) is 10.5. The van der Waals surface area contributed by atoms with E-state index in [-0.39, 0.29) is 28.8 Å². The minimum Gasteiger partial charge on any atom is -0.370 e. The first-order valence-electron chi connectivity index (χ1n) is 5.91. The Morgan fingerprint density at radius 1 is 1.48 bits per heavy atom. The van der Waals surface area contributed by atoms with Crippen LogP contribution in [0.25, 0.3) is 0 Å². The Morgan fingerprint density at radius 3 is 2.70 bits per heavy atom. The van der Waals surface area contributed by atoms with Crippen molar-refractivity contribution >= 4 is 37.3 Å². The highest BCUT2D eigenvalue weighted by Gasteiger charge is 2.33. The largest absolute Gasteiger partial charge is 0.370 e. The van der Waals surface area contributed by atoms with Crippen LogP contribution < -0.4 is 10.5 Å². The van der Waals surface area contributed by atoms with E-state index < -0.39 is 36.6 Å². The quantitative estimate of drug-likeness (QED) is 0.508. The van der Waals surface area contributed by atoms with Gasteiger partial charge < -0.3 is 10.2 Å². The first kappa shape index (κ1) is 17.7. The van der Waals surface area contributed by atoms with Gasteiger partial charge in [-0.25, -0.2) is 22.0 Å². The molecule has 0 fully saturated rings. The Labute approximate surface area is 136 Å². The highest BCUT2D eigenvalue weighted by molar-refractivity contribution is 7.90. The number of nitrogens with two attached hydrogens (primary N) is 1. The van der Waals surface area contributed by atoms with Gasteiger partial charge >= 0.3 is 0 Å². The smallest absolute Gasteiger partial charge is 0.294 e. The van der Waals surface area contributed by atoms with Gasteiger partial charge in [-0.2, -0.15) is 4.31 Å². The molecule has 0 atom stereocenters. The molecule has 2 rings (SSSR count). The van der Waals surface area contributed by atoms with Crippen molar-refractivity contribution in [2.45, 2.75) is 9.79 Å². The Morgan fingerprint density at radius 2 is 2.13 bits per heavy atom. The number of sulfonamides is 2. The van der Waals surface area contributed by atoms with Crippen molar-refractivity contribution in [2.75, 3.05) is 25.1 Å². The van der Waals surface area contributed by atoms with Crippen LogP contribution in [0, 0.1) is 10.1 Å². The Kier molecular flexibility index (Phi) is 4.68. The van der Waals surface area contributed by atoms with Crippen LogP contribution in [0.15, 0.2) is 21.9 Å². The van der Waals surface area contributed by atoms with E-state index in [0.717, 1.165) is 16.4 Å². The summed E-state index contributed by atoms with van der Waals surface area (Å²) in [6.45, 7) is -0.955. The molecule has 1 aromatic rings. The lowest BCUT2D eigenvalue weighted by molar-refractivity contribution is -0.757. The van der Waals surface area contributed by atoms with Crippen molar-refractivity contribution < 1.29 is 26.8 Å². The van der Waals surface area contributed by atoms with Gasteiger partial charge in [-0.15, -0.1) is 10.1 Å². The molecular weight excluding hydrogens is 376 g/mol. The number of fused-ring (bicyclic) bond motifs is 1. The third kappa shape index (κ3) is 3.64. The van der Waals surface area contributed by atoms with Crippen LogP contribution in [0.4, 0.5) is 5.69 Å². The van der Waals surface area contributed by atoms with Crippen LogP contribution in [0.2, 0.25) is 5.02 Å². The summed E-state index contributed by atoms with van der Waals surface area (Å²) in [7, 11) is -8.31. The molecule has 1 heterocycles. The van der Waals surface area contributed by atoms with Gasteiger partial charge in [0.1, 0.15) is 16.4 Å². The molecule has 0 amide bonds. The van der Waals surface area contributed by atoms with Gasteiger partial charge in [0.2, 0.25) is 20.0 Å². The van der Waals surface area contributed by atoms with Gasteiger partial charge in [0, 0.05) is 6.54 Å². The van der Waals surface area contributed by atoms with Crippen LogP contribution in [-0.4, -0.2) is 46.0 Å². The highest BCUT2D eigenvalue weighted by Crippen LogP contribution is 2.35. The average molecular weight is 387 g/mol. The topological polar surface area (TPSA) is 162 Å². The van der Waals surface area contributed by atoms with E-state index in [2.05, 4.69) is 10.2 Å². The van der Waals surface area contributed by atoms with Crippen molar-refractivity contribution in [1.29, 1.82) is 0 Å². The SMILES string of the molecule is NS(=O)(=O)c1cc2c(cc1Cl)NCN(CCO[N+](=O)[O-])S2(=O)=O. The van der Waals surface area contributed by atoms with E-state index in [1.165, 1.54) is 0 Å². The van der Waals surface area contributed by atoms with Crippen molar-refractivity contribution in [3.05, 3.63) is 27.3 Å². The molecule has 14 heteroatoms. The van der Waals surface area contributed by atoms with Crippen LogP contribution >= 0.6 is 11.6 Å². The minimum absolute atomic E-state index is 0.105. The molecule has 0 unspecified atom stereocenters. The fraction of sp³-hybridized carbons (Fsp3) is 0.333. The van der Waals surface area contributed by atoms with Gasteiger partial charge in [-0.3, -0.25) is 0 Å². The number of rotatable bonds is 5. The molecule has 11 nitrogen and oxygen atoms in total. The van der Waals surface area contributed by atoms with Gasteiger partial charge in [-0.05, 0) is 12.1 Å². The lowest BCUT2D eigenvalue weighted by Crippen LogP contribution is -2.41. The highest BCUT2D eigenvalue weighted by atomic mass is 35.5. The van der Waals surface area contributed by atoms with E-state index >= 15 is 0 Å². The Bertz CT molecular complexity index is 855. The van der Waals surface area contributed by atoms with E-state index in [1.807, 2.05) is 0 Å². The molecule has 0 saturated heterocycles. The predicted octanol–water partition coefficient (Wildman–Crippen LogP) is -0.431. The lowest BCUT2D eigenvalue weighted by atomic mass is 10.3. The second kappa shape index (κ2) is 6.09. The number of hydrogen-bond acceptors (Lipinski definition) is 8. The monoisotopic (exact) mass is 386 g/mol. The molecule has 0 aliphatic carbocycles. The predicted molar refractivity (Wildman–Crippen MR) is 78.2 cm³/mol. The van der Waals surface area contributed by atoms with Crippen molar-refractivity contribution in [1.82, 2.24) is 4.31 Å². The standard InChI is InChI=1S/C9H11ClN4O7S2/c10-6-3-7-9(4-8(6)22(11,17)18)23(19,20)13(5-12-7)1-2-21-14(15)16/h3-4,12H,1-2,5H2,(H2,11,17,18). The summed E-state index contributed by atoms with van der Waals surface area (Å²) in [5.74, 6) is 0. The summed E-state index contributed by atoms with van der Waals surface area (Å²) in [5, 5.41) is 16.5. The second-order valence-corrected chi connectivity index (χ2v) is 8.24. The van der Waals surface area contributed by atoms with Crippen molar-refractivity contribution in [2.24, 2.45) is 5.14 Å². The van der Waals surface area contributed by atoms with Gasteiger partial charge in [0.05, 0.1) is 17.4 Å². The zero-order valence-corrected chi connectivity index (χ0v) is 13.7. The molecule has 3 N–H and O–H groups in total. The molecule has 0 saturated carbocycles. The van der Waals surface area contributed by atoms with Gasteiger partial charge in [-0.1, -0.05) is 11.6 Å². The fourth-order valence-electron chi connectivity index (χ4n) is 1.92. The Hall–Kier alpha value is -1.67. The maximum atomic E-state index is 12.5. The summed E-state index contributed by atoms with van der Waals surface area (Å²) in [6, 6.07) is 1.98. The minimum atomic E-state index is -4.22. The van der Waals surface area contributed by atoms with Gasteiger partial charge in [0.25, 0.3) is 5.09 Å². The second-order valence-electron chi connectivity index (χ2n) is 4.40. The maximum Gasteiger partial charge on any atom is 0.294 e. The molecule has 1 aliphatic rings. The maximum absolute atomic E-state index is 12.5. The molecule has 23 heavy (non-hydrogen) atoms. The van der Waals surface area contributed by atoms with Crippen molar-refractivity contribution in [3.8, 4) is 0 Å². The summed E-state index contributed by atoms with van der Waals surface area (Å²) >= 11 is 5.79. The first-order valence-corrected chi connectivity index (χ1v) is 9.27. The zero-order valence-electron chi connectivity index (χ0n) is 11.3. The molecular formula is C9H11ClN4O7S2. The third-order valence-electron chi connectivity index (χ3n) is 2.94. The lowest BCUT2D eigenvalue weighted by Gasteiger charge is -2.29. The molecule has 0 aromatic heterocycles. The number of benzene rings is 1. The number of primary sulfonamides is 1. The van der Waals surface area contributed by atoms with E-state index in [9.17, 15) is 26.9 Å². The van der Waals surface area contributed by atoms with E-state index in [4.69, 9.17) is 16.7 Å². The van der Waals surface area contributed by atoms with Crippen LogP contribution in [0.3, 0.4) is 0 Å². The normalized spacial score (nSPS) is 17.1. The summed E-state index contributed by atoms with van der Waals surface area (Å²) in [5.41, 5.74) is 0.105. The summed E-state index contributed by atoms with van der Waals surface area (Å²) in [6.07, 6.45) is 0. The van der Waals surface area contributed by atoms with E-state index in [1.54, 1.807) is 0 Å². The van der Waals surface area contributed by atoms with Crippen LogP contribution in [-0.2, 0) is 24.9 Å². The zero-order chi connectivity index (χ0) is 17.4. The van der Waals surface area contributed by atoms with Gasteiger partial charge in [0.15, 0.2) is 0 Å². The molecule has 0 bridgehead atoms. The van der Waals surface area contributed by atoms with E-state index in [0.29, 0.717) is 0 Å². The number of nitrogens with zero attached hydrogens (tertiary/aromatic N) is 2. The fourth-order valence-corrected chi connectivity index (χ4v) is 4.60. The molecule has 1 aromatic carbocycles. The molecule has 1 aliphatic heterocycles. The third-order valence-corrected chi connectivity index (χ3v) is 6.20. The number of halogens is 1. The number of nitrogens with one attached hydrogen (secondary N) is 1. The number of hydrogen-bond donors (Lipinski definition) is 2. The molecule has 0 radical (unpaired) electrons. The van der Waals surface area contributed by atoms with Crippen molar-refractivity contribution in [3.63, 3.8) is 0 Å². The van der Waals surface area contributed by atoms with Crippen LogP contribution in [0.1, 0.15) is 0 Å². The summed E-state index contributed by atoms with van der Waals surface area (Å²) < 4.78 is 48.7. The number of anilines is 1. The summed E-state index contributed by atoms with van der Waals surface area (Å²) in [4.78, 5) is 13.3. The average Bonchev–Trinajstić information content (AvgIpc) is 2.39. The molecule has 128 valence electrons. The Balaban J connectivity index is 2.41. The molecule has 0 spiro atoms.